The third-order valence-electron chi connectivity index (χ3n) is 5.04. The number of benzene rings is 3. The average Bonchev–Trinajstić information content (AvgIpc) is 3.05. The van der Waals surface area contributed by atoms with Crippen LogP contribution in [0, 0.1) is 5.82 Å². The first kappa shape index (κ1) is 18.2. The van der Waals surface area contributed by atoms with Gasteiger partial charge in [-0.25, -0.2) is 9.18 Å². The van der Waals surface area contributed by atoms with Crippen molar-refractivity contribution < 1.29 is 19.0 Å². The van der Waals surface area contributed by atoms with Crippen LogP contribution in [0.2, 0.25) is 0 Å². The van der Waals surface area contributed by atoms with Crippen molar-refractivity contribution in [2.45, 2.75) is 12.0 Å². The highest BCUT2D eigenvalue weighted by Crippen LogP contribution is 2.44. The highest BCUT2D eigenvalue weighted by atomic mass is 19.1. The Hall–Kier alpha value is -3.18. The van der Waals surface area contributed by atoms with Crippen molar-refractivity contribution in [2.75, 3.05) is 13.2 Å². The summed E-state index contributed by atoms with van der Waals surface area (Å²) in [6, 6.07) is 21.7. The van der Waals surface area contributed by atoms with Crippen LogP contribution in [0.5, 0.6) is 0 Å². The molecule has 2 N–H and O–H groups in total. The van der Waals surface area contributed by atoms with Gasteiger partial charge in [0.2, 0.25) is 0 Å². The van der Waals surface area contributed by atoms with E-state index in [9.17, 15) is 14.3 Å². The molecule has 0 saturated heterocycles. The van der Waals surface area contributed by atoms with Gasteiger partial charge in [-0.1, -0.05) is 60.7 Å². The van der Waals surface area contributed by atoms with Gasteiger partial charge in [0, 0.05) is 5.92 Å². The van der Waals surface area contributed by atoms with Gasteiger partial charge in [-0.2, -0.15) is 0 Å². The molecule has 0 spiro atoms. The number of aliphatic hydroxyl groups is 1. The molecule has 0 unspecified atom stereocenters. The highest BCUT2D eigenvalue weighted by molar-refractivity contribution is 5.79. The Kier molecular flexibility index (Phi) is 5.08. The number of amides is 1. The van der Waals surface area contributed by atoms with Crippen molar-refractivity contribution >= 4 is 6.09 Å². The van der Waals surface area contributed by atoms with E-state index >= 15 is 0 Å². The van der Waals surface area contributed by atoms with Gasteiger partial charge in [-0.15, -0.1) is 0 Å². The summed E-state index contributed by atoms with van der Waals surface area (Å²) in [7, 11) is 0. The molecule has 0 aliphatic heterocycles. The fourth-order valence-electron chi connectivity index (χ4n) is 3.63. The Labute approximate surface area is 162 Å². The number of fused-ring (bicyclic) bond motifs is 3. The molecule has 1 aliphatic carbocycles. The molecule has 0 fully saturated rings. The maximum atomic E-state index is 13.0. The topological polar surface area (TPSA) is 58.6 Å². The summed E-state index contributed by atoms with van der Waals surface area (Å²) in [5.41, 5.74) is 5.14. The van der Waals surface area contributed by atoms with Gasteiger partial charge < -0.3 is 15.2 Å². The standard InChI is InChI=1S/C23H20FNO3/c24-16-11-9-15(10-12-16)22(26)13-25-23(27)28-14-21-19-7-3-1-5-17(19)18-6-2-4-8-20(18)21/h1-12,21-22,26H,13-14H2,(H,25,27)/t22-/m0/s1. The summed E-state index contributed by atoms with van der Waals surface area (Å²) in [5.74, 6) is -0.388. The summed E-state index contributed by atoms with van der Waals surface area (Å²) in [5, 5.41) is 12.7. The van der Waals surface area contributed by atoms with E-state index in [1.165, 1.54) is 35.4 Å². The second kappa shape index (κ2) is 7.82. The van der Waals surface area contributed by atoms with E-state index in [4.69, 9.17) is 4.74 Å². The predicted molar refractivity (Wildman–Crippen MR) is 104 cm³/mol. The van der Waals surface area contributed by atoms with E-state index in [-0.39, 0.29) is 24.9 Å². The van der Waals surface area contributed by atoms with E-state index in [1.807, 2.05) is 24.3 Å². The largest absolute Gasteiger partial charge is 0.449 e. The number of alkyl carbamates (subject to hydrolysis) is 1. The van der Waals surface area contributed by atoms with E-state index in [0.717, 1.165) is 11.1 Å². The SMILES string of the molecule is O=C(NC[C@H](O)c1ccc(F)cc1)OCC1c2ccccc2-c2ccccc21. The van der Waals surface area contributed by atoms with Gasteiger partial charge in [0.25, 0.3) is 0 Å². The second-order valence-corrected chi connectivity index (χ2v) is 6.77. The summed E-state index contributed by atoms with van der Waals surface area (Å²) in [6.45, 7) is 0.203. The van der Waals surface area contributed by atoms with Crippen LogP contribution in [0.25, 0.3) is 11.1 Å². The van der Waals surface area contributed by atoms with Crippen LogP contribution in [-0.4, -0.2) is 24.4 Å². The van der Waals surface area contributed by atoms with Gasteiger partial charge >= 0.3 is 6.09 Å². The quantitative estimate of drug-likeness (QED) is 0.693. The van der Waals surface area contributed by atoms with Gasteiger partial charge in [-0.05, 0) is 39.9 Å². The molecule has 3 aromatic carbocycles. The predicted octanol–water partition coefficient (Wildman–Crippen LogP) is 4.40. The molecule has 5 heteroatoms. The normalized spacial score (nSPS) is 13.5. The van der Waals surface area contributed by atoms with Crippen molar-refractivity contribution in [1.29, 1.82) is 0 Å². The molecule has 1 aliphatic rings. The van der Waals surface area contributed by atoms with Crippen molar-refractivity contribution in [3.63, 3.8) is 0 Å². The van der Waals surface area contributed by atoms with E-state index in [1.54, 1.807) is 0 Å². The number of hydrogen-bond acceptors (Lipinski definition) is 3. The lowest BCUT2D eigenvalue weighted by atomic mass is 9.98. The van der Waals surface area contributed by atoms with Crippen LogP contribution in [-0.2, 0) is 4.74 Å². The second-order valence-electron chi connectivity index (χ2n) is 6.77. The number of rotatable bonds is 5. The maximum Gasteiger partial charge on any atom is 0.407 e. The number of hydrogen-bond donors (Lipinski definition) is 2. The van der Waals surface area contributed by atoms with Crippen LogP contribution in [0.15, 0.2) is 72.8 Å². The average molecular weight is 377 g/mol. The molecule has 142 valence electrons. The lowest BCUT2D eigenvalue weighted by Crippen LogP contribution is -2.30. The summed E-state index contributed by atoms with van der Waals surface area (Å²) >= 11 is 0. The van der Waals surface area contributed by atoms with E-state index in [2.05, 4.69) is 29.6 Å². The van der Waals surface area contributed by atoms with Crippen molar-refractivity contribution in [1.82, 2.24) is 5.32 Å². The molecule has 1 atom stereocenters. The lowest BCUT2D eigenvalue weighted by molar-refractivity contribution is 0.128. The molecule has 0 saturated carbocycles. The smallest absolute Gasteiger partial charge is 0.407 e. The molecule has 0 heterocycles. The first-order valence-electron chi connectivity index (χ1n) is 9.16. The number of ether oxygens (including phenoxy) is 1. The monoisotopic (exact) mass is 377 g/mol. The lowest BCUT2D eigenvalue weighted by Gasteiger charge is -2.16. The van der Waals surface area contributed by atoms with Crippen molar-refractivity contribution in [3.8, 4) is 11.1 Å². The molecule has 0 radical (unpaired) electrons. The zero-order chi connectivity index (χ0) is 19.5. The molecular formula is C23H20FNO3. The number of halogens is 1. The number of nitrogens with one attached hydrogen (secondary N) is 1. The molecule has 4 rings (SSSR count). The Morgan fingerprint density at radius 3 is 2.14 bits per heavy atom. The van der Waals surface area contributed by atoms with Gasteiger partial charge in [0.1, 0.15) is 12.4 Å². The molecule has 0 aromatic heterocycles. The Bertz CT molecular complexity index is 942. The number of carbonyl (C=O) groups is 1. The number of aliphatic hydroxyl groups excluding tert-OH is 1. The van der Waals surface area contributed by atoms with Gasteiger partial charge in [0.15, 0.2) is 0 Å². The molecule has 4 nitrogen and oxygen atoms in total. The Morgan fingerprint density at radius 2 is 1.54 bits per heavy atom. The molecule has 28 heavy (non-hydrogen) atoms. The maximum absolute atomic E-state index is 13.0. The van der Waals surface area contributed by atoms with E-state index < -0.39 is 12.2 Å². The summed E-state index contributed by atoms with van der Waals surface area (Å²) < 4.78 is 18.4. The Balaban J connectivity index is 1.37. The molecule has 0 bridgehead atoms. The fourth-order valence-corrected chi connectivity index (χ4v) is 3.63. The van der Waals surface area contributed by atoms with Crippen LogP contribution in [0.3, 0.4) is 0 Å². The summed E-state index contributed by atoms with van der Waals surface area (Å²) in [6.07, 6.45) is -1.52. The third-order valence-corrected chi connectivity index (χ3v) is 5.04. The van der Waals surface area contributed by atoms with Crippen LogP contribution >= 0.6 is 0 Å². The van der Waals surface area contributed by atoms with Crippen LogP contribution in [0.1, 0.15) is 28.7 Å². The first-order chi connectivity index (χ1) is 13.6. The first-order valence-corrected chi connectivity index (χ1v) is 9.16. The molecule has 1 amide bonds. The van der Waals surface area contributed by atoms with Crippen molar-refractivity contribution in [3.05, 3.63) is 95.3 Å². The minimum Gasteiger partial charge on any atom is -0.449 e. The zero-order valence-electron chi connectivity index (χ0n) is 15.1. The number of carbonyl (C=O) groups excluding carboxylic acids is 1. The molecular weight excluding hydrogens is 357 g/mol. The van der Waals surface area contributed by atoms with Crippen LogP contribution < -0.4 is 5.32 Å². The van der Waals surface area contributed by atoms with Crippen molar-refractivity contribution in [2.24, 2.45) is 0 Å². The Morgan fingerprint density at radius 1 is 0.964 bits per heavy atom. The van der Waals surface area contributed by atoms with Crippen LogP contribution in [0.4, 0.5) is 9.18 Å². The fraction of sp³-hybridized carbons (Fsp3) is 0.174. The minimum absolute atomic E-state index is 0.0116. The van der Waals surface area contributed by atoms with Gasteiger partial charge in [0.05, 0.1) is 12.6 Å². The third kappa shape index (κ3) is 3.62. The zero-order valence-corrected chi connectivity index (χ0v) is 15.1. The van der Waals surface area contributed by atoms with E-state index in [0.29, 0.717) is 5.56 Å². The van der Waals surface area contributed by atoms with Gasteiger partial charge in [-0.3, -0.25) is 0 Å². The highest BCUT2D eigenvalue weighted by Gasteiger charge is 2.29. The summed E-state index contributed by atoms with van der Waals surface area (Å²) in [4.78, 5) is 12.1. The minimum atomic E-state index is -0.930. The molecule has 3 aromatic rings.